The Kier molecular flexibility index (Phi) is 5.76. The van der Waals surface area contributed by atoms with E-state index in [9.17, 15) is 0 Å². The average molecular weight is 308 g/mol. The van der Waals surface area contributed by atoms with E-state index in [1.807, 2.05) is 24.3 Å². The molecule has 0 aliphatic heterocycles. The number of rotatable bonds is 7. The first kappa shape index (κ1) is 16.0. The highest BCUT2D eigenvalue weighted by molar-refractivity contribution is 6.30. The van der Waals surface area contributed by atoms with Crippen LogP contribution < -0.4 is 5.32 Å². The second kappa shape index (κ2) is 7.57. The molecule has 1 N–H and O–H groups in total. The number of benzene rings is 1. The summed E-state index contributed by atoms with van der Waals surface area (Å²) in [6, 6.07) is 7.80. The van der Waals surface area contributed by atoms with Crippen molar-refractivity contribution < 1.29 is 4.52 Å². The molecule has 0 saturated carbocycles. The van der Waals surface area contributed by atoms with Crippen LogP contribution in [0.2, 0.25) is 5.02 Å². The number of nitrogens with one attached hydrogen (secondary N) is 1. The summed E-state index contributed by atoms with van der Waals surface area (Å²) >= 11 is 5.89. The third kappa shape index (κ3) is 4.05. The summed E-state index contributed by atoms with van der Waals surface area (Å²) in [5.74, 6) is 1.48. The van der Waals surface area contributed by atoms with Gasteiger partial charge in [-0.05, 0) is 43.7 Å². The zero-order chi connectivity index (χ0) is 15.2. The molecule has 4 nitrogen and oxygen atoms in total. The Bertz CT molecular complexity index is 553. The van der Waals surface area contributed by atoms with Gasteiger partial charge in [0.15, 0.2) is 0 Å². The average Bonchev–Trinajstić information content (AvgIpc) is 2.98. The smallest absolute Gasteiger partial charge is 0.231 e. The van der Waals surface area contributed by atoms with Crippen LogP contribution in [0.3, 0.4) is 0 Å². The van der Waals surface area contributed by atoms with E-state index in [0.717, 1.165) is 24.9 Å². The van der Waals surface area contributed by atoms with E-state index in [2.05, 4.69) is 36.2 Å². The maximum Gasteiger partial charge on any atom is 0.231 e. The minimum absolute atomic E-state index is 0.190. The van der Waals surface area contributed by atoms with E-state index < -0.39 is 0 Å². The van der Waals surface area contributed by atoms with Gasteiger partial charge in [-0.25, -0.2) is 0 Å². The zero-order valence-electron chi connectivity index (χ0n) is 12.8. The molecule has 0 saturated heterocycles. The summed E-state index contributed by atoms with van der Waals surface area (Å²) in [5, 5.41) is 8.31. The third-order valence-corrected chi connectivity index (χ3v) is 3.89. The molecule has 0 spiro atoms. The van der Waals surface area contributed by atoms with Crippen molar-refractivity contribution >= 4 is 11.6 Å². The summed E-state index contributed by atoms with van der Waals surface area (Å²) < 4.78 is 5.44. The van der Waals surface area contributed by atoms with Crippen molar-refractivity contribution in [1.29, 1.82) is 0 Å². The Morgan fingerprint density at radius 3 is 2.57 bits per heavy atom. The van der Waals surface area contributed by atoms with Crippen LogP contribution in [-0.2, 0) is 0 Å². The largest absolute Gasteiger partial charge is 0.339 e. The summed E-state index contributed by atoms with van der Waals surface area (Å²) in [7, 11) is 0. The monoisotopic (exact) mass is 307 g/mol. The van der Waals surface area contributed by atoms with Crippen molar-refractivity contribution in [3.05, 3.63) is 35.2 Å². The van der Waals surface area contributed by atoms with Crippen LogP contribution in [0.25, 0.3) is 11.4 Å². The van der Waals surface area contributed by atoms with Crippen LogP contribution in [0.15, 0.2) is 28.8 Å². The first-order valence-electron chi connectivity index (χ1n) is 7.48. The van der Waals surface area contributed by atoms with E-state index >= 15 is 0 Å². The first-order valence-corrected chi connectivity index (χ1v) is 7.86. The van der Waals surface area contributed by atoms with Crippen molar-refractivity contribution in [2.75, 3.05) is 6.54 Å². The van der Waals surface area contributed by atoms with Gasteiger partial charge in [-0.3, -0.25) is 0 Å². The fourth-order valence-electron chi connectivity index (χ4n) is 2.31. The zero-order valence-corrected chi connectivity index (χ0v) is 13.5. The molecule has 0 fully saturated rings. The number of nitrogens with zero attached hydrogens (tertiary/aromatic N) is 2. The molecule has 0 aliphatic rings. The molecular formula is C16H22ClN3O. The Morgan fingerprint density at radius 2 is 1.95 bits per heavy atom. The predicted octanol–water partition coefficient (Wildman–Crippen LogP) is 4.27. The summed E-state index contributed by atoms with van der Waals surface area (Å²) in [6.45, 7) is 7.45. The molecule has 114 valence electrons. The third-order valence-electron chi connectivity index (χ3n) is 3.63. The van der Waals surface area contributed by atoms with Gasteiger partial charge in [0, 0.05) is 16.6 Å². The van der Waals surface area contributed by atoms with Crippen LogP contribution in [0.5, 0.6) is 0 Å². The lowest BCUT2D eigenvalue weighted by atomic mass is 9.99. The van der Waals surface area contributed by atoms with Crippen LogP contribution >= 0.6 is 11.6 Å². The second-order valence-electron chi connectivity index (χ2n) is 5.22. The van der Waals surface area contributed by atoms with Crippen LogP contribution in [0.1, 0.15) is 45.4 Å². The maximum atomic E-state index is 5.89. The summed E-state index contributed by atoms with van der Waals surface area (Å²) in [4.78, 5) is 4.53. The van der Waals surface area contributed by atoms with Gasteiger partial charge in [0.1, 0.15) is 0 Å². The first-order chi connectivity index (χ1) is 10.2. The Labute approximate surface area is 130 Å². The number of halogens is 1. The Balaban J connectivity index is 2.12. The quantitative estimate of drug-likeness (QED) is 0.830. The normalized spacial score (nSPS) is 14.1. The lowest BCUT2D eigenvalue weighted by Gasteiger charge is -2.20. The Morgan fingerprint density at radius 1 is 1.24 bits per heavy atom. The number of hydrogen-bond donors (Lipinski definition) is 1. The van der Waals surface area contributed by atoms with E-state index in [1.165, 1.54) is 0 Å². The van der Waals surface area contributed by atoms with Gasteiger partial charge in [0.25, 0.3) is 0 Å². The topological polar surface area (TPSA) is 51.0 Å². The van der Waals surface area contributed by atoms with Gasteiger partial charge in [0.2, 0.25) is 11.7 Å². The van der Waals surface area contributed by atoms with Gasteiger partial charge < -0.3 is 9.84 Å². The molecular weight excluding hydrogens is 286 g/mol. The van der Waals surface area contributed by atoms with Crippen molar-refractivity contribution in [2.45, 2.75) is 45.6 Å². The van der Waals surface area contributed by atoms with Gasteiger partial charge in [-0.2, -0.15) is 4.98 Å². The molecule has 0 aliphatic carbocycles. The molecule has 2 unspecified atom stereocenters. The molecule has 5 heteroatoms. The van der Waals surface area contributed by atoms with Gasteiger partial charge >= 0.3 is 0 Å². The van der Waals surface area contributed by atoms with Crippen molar-refractivity contribution in [1.82, 2.24) is 15.5 Å². The maximum absolute atomic E-state index is 5.89. The van der Waals surface area contributed by atoms with E-state index in [4.69, 9.17) is 16.1 Å². The minimum atomic E-state index is 0.190. The lowest BCUT2D eigenvalue weighted by molar-refractivity contribution is 0.319. The minimum Gasteiger partial charge on any atom is -0.339 e. The Hall–Kier alpha value is -1.39. The van der Waals surface area contributed by atoms with Crippen LogP contribution in [0, 0.1) is 0 Å². The molecule has 21 heavy (non-hydrogen) atoms. The molecule has 2 atom stereocenters. The molecule has 1 heterocycles. The lowest BCUT2D eigenvalue weighted by Crippen LogP contribution is -2.33. The highest BCUT2D eigenvalue weighted by atomic mass is 35.5. The molecule has 0 bridgehead atoms. The van der Waals surface area contributed by atoms with E-state index in [-0.39, 0.29) is 5.92 Å². The van der Waals surface area contributed by atoms with Gasteiger partial charge in [-0.1, -0.05) is 37.5 Å². The highest BCUT2D eigenvalue weighted by Gasteiger charge is 2.22. The standard InChI is InChI=1S/C16H22ClN3O/c1-4-10-18-14(5-2)11(3)16-19-15(20-21-16)12-6-8-13(17)9-7-12/h6-9,11,14,18H,4-5,10H2,1-3H3. The molecule has 2 aromatic rings. The fourth-order valence-corrected chi connectivity index (χ4v) is 2.44. The van der Waals surface area contributed by atoms with Crippen LogP contribution in [0.4, 0.5) is 0 Å². The van der Waals surface area contributed by atoms with Crippen molar-refractivity contribution in [2.24, 2.45) is 0 Å². The second-order valence-corrected chi connectivity index (χ2v) is 5.66. The van der Waals surface area contributed by atoms with Crippen molar-refractivity contribution in [3.63, 3.8) is 0 Å². The number of aromatic nitrogens is 2. The van der Waals surface area contributed by atoms with E-state index in [1.54, 1.807) is 0 Å². The SMILES string of the molecule is CCCNC(CC)C(C)c1nc(-c2ccc(Cl)cc2)no1. The number of hydrogen-bond acceptors (Lipinski definition) is 4. The van der Waals surface area contributed by atoms with Gasteiger partial charge in [0.05, 0.1) is 5.92 Å². The molecule has 0 radical (unpaired) electrons. The van der Waals surface area contributed by atoms with E-state index in [0.29, 0.717) is 22.8 Å². The van der Waals surface area contributed by atoms with Gasteiger partial charge in [-0.15, -0.1) is 0 Å². The molecule has 0 amide bonds. The molecule has 2 rings (SSSR count). The summed E-state index contributed by atoms with van der Waals surface area (Å²) in [5.41, 5.74) is 0.913. The fraction of sp³-hybridized carbons (Fsp3) is 0.500. The predicted molar refractivity (Wildman–Crippen MR) is 85.5 cm³/mol. The molecule has 1 aromatic carbocycles. The molecule has 1 aromatic heterocycles. The highest BCUT2D eigenvalue weighted by Crippen LogP contribution is 2.24. The summed E-state index contributed by atoms with van der Waals surface area (Å²) in [6.07, 6.45) is 2.14. The van der Waals surface area contributed by atoms with Crippen molar-refractivity contribution in [3.8, 4) is 11.4 Å². The van der Waals surface area contributed by atoms with Crippen LogP contribution in [-0.4, -0.2) is 22.7 Å².